The van der Waals surface area contributed by atoms with Gasteiger partial charge in [0.1, 0.15) is 5.75 Å². The van der Waals surface area contributed by atoms with Gasteiger partial charge < -0.3 is 14.2 Å². The maximum atomic E-state index is 13.2. The van der Waals surface area contributed by atoms with Crippen molar-refractivity contribution in [2.75, 3.05) is 6.54 Å². The predicted molar refractivity (Wildman–Crippen MR) is 103 cm³/mol. The van der Waals surface area contributed by atoms with Crippen molar-refractivity contribution in [1.82, 2.24) is 15.0 Å². The normalized spacial score (nSPS) is 19.0. The van der Waals surface area contributed by atoms with Crippen LogP contribution in [0.4, 0.5) is 0 Å². The van der Waals surface area contributed by atoms with Crippen molar-refractivity contribution < 1.29 is 14.1 Å². The van der Waals surface area contributed by atoms with Crippen molar-refractivity contribution in [3.8, 4) is 5.75 Å². The Hall–Kier alpha value is -2.37. The Morgan fingerprint density at radius 3 is 2.78 bits per heavy atom. The molecule has 3 rings (SSSR count). The molecule has 2 heterocycles. The third-order valence-electron chi connectivity index (χ3n) is 5.15. The number of hydrogen-bond donors (Lipinski definition) is 0. The largest absolute Gasteiger partial charge is 0.481 e. The fourth-order valence-corrected chi connectivity index (χ4v) is 3.66. The fraction of sp³-hybridized carbons (Fsp3) is 0.571. The maximum Gasteiger partial charge on any atom is 0.263 e. The maximum absolute atomic E-state index is 13.2. The van der Waals surface area contributed by atoms with Crippen LogP contribution in [0.2, 0.25) is 0 Å². The van der Waals surface area contributed by atoms with Crippen LogP contribution >= 0.6 is 0 Å². The minimum atomic E-state index is -0.572. The molecule has 0 N–H and O–H groups in total. The second kappa shape index (κ2) is 8.55. The minimum Gasteiger partial charge on any atom is -0.481 e. The van der Waals surface area contributed by atoms with Crippen LogP contribution in [0.5, 0.6) is 5.75 Å². The number of aromatic nitrogens is 2. The first-order valence-electron chi connectivity index (χ1n) is 9.81. The van der Waals surface area contributed by atoms with E-state index in [0.29, 0.717) is 18.3 Å². The Morgan fingerprint density at radius 2 is 2.07 bits per heavy atom. The van der Waals surface area contributed by atoms with Crippen molar-refractivity contribution in [3.05, 3.63) is 41.5 Å². The minimum absolute atomic E-state index is 0.0251. The molecule has 6 heteroatoms. The average Bonchev–Trinajstić information content (AvgIpc) is 3.05. The molecule has 2 aromatic rings. The summed E-state index contributed by atoms with van der Waals surface area (Å²) in [5, 5.41) is 3.99. The van der Waals surface area contributed by atoms with Crippen LogP contribution in [0.15, 0.2) is 29.1 Å². The smallest absolute Gasteiger partial charge is 0.263 e. The molecule has 1 aliphatic rings. The number of ether oxygens (including phenoxy) is 1. The lowest BCUT2D eigenvalue weighted by atomic mass is 10.0. The lowest BCUT2D eigenvalue weighted by Crippen LogP contribution is -2.43. The van der Waals surface area contributed by atoms with Crippen LogP contribution in [0.3, 0.4) is 0 Å². The summed E-state index contributed by atoms with van der Waals surface area (Å²) in [5.74, 6) is 1.67. The first-order chi connectivity index (χ1) is 13.0. The highest BCUT2D eigenvalue weighted by Gasteiger charge is 2.33. The number of benzene rings is 1. The quantitative estimate of drug-likeness (QED) is 0.778. The third kappa shape index (κ3) is 4.49. The molecule has 1 saturated heterocycles. The summed E-state index contributed by atoms with van der Waals surface area (Å²) >= 11 is 0. The van der Waals surface area contributed by atoms with E-state index in [4.69, 9.17) is 9.26 Å². The van der Waals surface area contributed by atoms with Gasteiger partial charge in [0.15, 0.2) is 11.9 Å². The van der Waals surface area contributed by atoms with E-state index >= 15 is 0 Å². The van der Waals surface area contributed by atoms with E-state index in [1.54, 1.807) is 0 Å². The van der Waals surface area contributed by atoms with Gasteiger partial charge in [-0.3, -0.25) is 4.79 Å². The highest BCUT2D eigenvalue weighted by molar-refractivity contribution is 5.81. The molecule has 1 fully saturated rings. The monoisotopic (exact) mass is 371 g/mol. The summed E-state index contributed by atoms with van der Waals surface area (Å²) in [5.41, 5.74) is 2.24. The summed E-state index contributed by atoms with van der Waals surface area (Å²) in [6.07, 6.45) is 4.73. The number of likely N-dealkylation sites (tertiary alicyclic amines) is 1. The molecule has 0 spiro atoms. The average molecular weight is 371 g/mol. The van der Waals surface area contributed by atoms with Crippen LogP contribution in [0, 0.1) is 6.92 Å². The Morgan fingerprint density at radius 1 is 1.26 bits per heavy atom. The molecule has 6 nitrogen and oxygen atoms in total. The summed E-state index contributed by atoms with van der Waals surface area (Å²) in [6, 6.07) is 6.03. The first kappa shape index (κ1) is 19.4. The Kier molecular flexibility index (Phi) is 6.14. The van der Waals surface area contributed by atoms with Crippen molar-refractivity contribution in [3.63, 3.8) is 0 Å². The molecule has 0 aliphatic carbocycles. The molecule has 0 bridgehead atoms. The lowest BCUT2D eigenvalue weighted by molar-refractivity contribution is -0.140. The van der Waals surface area contributed by atoms with Gasteiger partial charge in [-0.05, 0) is 49.8 Å². The van der Waals surface area contributed by atoms with Crippen molar-refractivity contribution >= 4 is 5.91 Å². The summed E-state index contributed by atoms with van der Waals surface area (Å²) in [7, 11) is 0. The zero-order chi connectivity index (χ0) is 19.4. The zero-order valence-corrected chi connectivity index (χ0v) is 16.6. The van der Waals surface area contributed by atoms with E-state index < -0.39 is 6.10 Å². The van der Waals surface area contributed by atoms with Gasteiger partial charge in [0, 0.05) is 6.54 Å². The number of nitrogens with zero attached hydrogens (tertiary/aromatic N) is 3. The van der Waals surface area contributed by atoms with Crippen molar-refractivity contribution in [2.24, 2.45) is 0 Å². The predicted octanol–water partition coefficient (Wildman–Crippen LogP) is 4.41. The van der Waals surface area contributed by atoms with E-state index in [1.165, 1.54) is 6.39 Å². The van der Waals surface area contributed by atoms with E-state index in [2.05, 4.69) is 36.1 Å². The topological polar surface area (TPSA) is 68.5 Å². The van der Waals surface area contributed by atoms with Gasteiger partial charge in [0.05, 0.1) is 6.04 Å². The number of hydrogen-bond acceptors (Lipinski definition) is 5. The Bertz CT molecular complexity index is 758. The highest BCUT2D eigenvalue weighted by Crippen LogP contribution is 2.31. The molecular formula is C21H29N3O3. The van der Waals surface area contributed by atoms with Gasteiger partial charge in [-0.15, -0.1) is 0 Å². The molecule has 27 heavy (non-hydrogen) atoms. The fourth-order valence-electron chi connectivity index (χ4n) is 3.66. The van der Waals surface area contributed by atoms with Gasteiger partial charge >= 0.3 is 0 Å². The Balaban J connectivity index is 1.80. The number of carbonyl (C=O) groups excluding carboxylic acids is 1. The van der Waals surface area contributed by atoms with Crippen molar-refractivity contribution in [2.45, 2.75) is 71.4 Å². The standard InChI is InChI=1S/C21H29N3O3/c1-14(2)17-10-9-15(3)12-19(17)27-16(4)21(25)24-11-7-5-6-8-18(24)20-22-13-26-23-20/h9-10,12-14,16,18H,5-8,11H2,1-4H3. The molecule has 1 amide bonds. The molecule has 1 aliphatic heterocycles. The first-order valence-corrected chi connectivity index (χ1v) is 9.81. The molecule has 0 saturated carbocycles. The van der Waals surface area contributed by atoms with E-state index in [9.17, 15) is 4.79 Å². The molecular weight excluding hydrogens is 342 g/mol. The van der Waals surface area contributed by atoms with Crippen LogP contribution < -0.4 is 4.74 Å². The zero-order valence-electron chi connectivity index (χ0n) is 16.6. The van der Waals surface area contributed by atoms with Crippen LogP contribution in [0.1, 0.15) is 75.4 Å². The second-order valence-electron chi connectivity index (χ2n) is 7.64. The van der Waals surface area contributed by atoms with Gasteiger partial charge in [-0.1, -0.05) is 44.0 Å². The lowest BCUT2D eigenvalue weighted by Gasteiger charge is -2.30. The van der Waals surface area contributed by atoms with E-state index in [0.717, 1.165) is 42.6 Å². The van der Waals surface area contributed by atoms with E-state index in [-0.39, 0.29) is 11.9 Å². The molecule has 0 radical (unpaired) electrons. The van der Waals surface area contributed by atoms with Crippen LogP contribution in [0.25, 0.3) is 0 Å². The molecule has 1 aromatic carbocycles. The Labute approximate surface area is 160 Å². The van der Waals surface area contributed by atoms with Gasteiger partial charge in [0.2, 0.25) is 6.39 Å². The van der Waals surface area contributed by atoms with Gasteiger partial charge in [0.25, 0.3) is 5.91 Å². The molecule has 146 valence electrons. The van der Waals surface area contributed by atoms with E-state index in [1.807, 2.05) is 24.8 Å². The van der Waals surface area contributed by atoms with Crippen LogP contribution in [-0.2, 0) is 4.79 Å². The molecule has 2 atom stereocenters. The summed E-state index contributed by atoms with van der Waals surface area (Å²) < 4.78 is 11.1. The third-order valence-corrected chi connectivity index (χ3v) is 5.15. The summed E-state index contributed by atoms with van der Waals surface area (Å²) in [4.78, 5) is 19.3. The molecule has 1 aromatic heterocycles. The number of carbonyl (C=O) groups is 1. The number of amides is 1. The summed E-state index contributed by atoms with van der Waals surface area (Å²) in [6.45, 7) is 8.81. The highest BCUT2D eigenvalue weighted by atomic mass is 16.5. The SMILES string of the molecule is Cc1ccc(C(C)C)c(OC(C)C(=O)N2CCCCCC2c2ncon2)c1. The van der Waals surface area contributed by atoms with Gasteiger partial charge in [-0.2, -0.15) is 4.98 Å². The number of rotatable bonds is 5. The second-order valence-corrected chi connectivity index (χ2v) is 7.64. The number of aryl methyl sites for hydroxylation is 1. The van der Waals surface area contributed by atoms with Crippen molar-refractivity contribution in [1.29, 1.82) is 0 Å². The van der Waals surface area contributed by atoms with Crippen LogP contribution in [-0.4, -0.2) is 33.6 Å². The molecule has 2 unspecified atom stereocenters. The van der Waals surface area contributed by atoms with Gasteiger partial charge in [-0.25, -0.2) is 0 Å².